The van der Waals surface area contributed by atoms with E-state index < -0.39 is 3.79 Å². The molecule has 0 aliphatic carbocycles. The summed E-state index contributed by atoms with van der Waals surface area (Å²) >= 11 is 17.9. The summed E-state index contributed by atoms with van der Waals surface area (Å²) in [5.41, 5.74) is 2.63. The topological polar surface area (TPSA) is 45.1 Å². The molecule has 1 aromatic carbocycles. The number of benzene rings is 1. The Bertz CT molecular complexity index is 558. The third-order valence-corrected chi connectivity index (χ3v) is 4.92. The molecule has 0 amide bonds. The van der Waals surface area contributed by atoms with Crippen molar-refractivity contribution >= 4 is 40.5 Å². The van der Waals surface area contributed by atoms with Crippen LogP contribution in [0.3, 0.4) is 0 Å². The summed E-state index contributed by atoms with van der Waals surface area (Å²) < 4.78 is 4.22. The minimum Gasteiger partial charge on any atom is -0.411 e. The van der Waals surface area contributed by atoms with E-state index in [1.54, 1.807) is 0 Å². The van der Waals surface area contributed by atoms with Gasteiger partial charge in [0.2, 0.25) is 3.79 Å². The predicted octanol–water partition coefficient (Wildman–Crippen LogP) is 3.71. The Balaban J connectivity index is 1.78. The Morgan fingerprint density at radius 1 is 1.23 bits per heavy atom. The highest BCUT2D eigenvalue weighted by atomic mass is 35.6. The number of alkyl halides is 3. The third kappa shape index (κ3) is 3.52. The number of morpholine rings is 1. The summed E-state index contributed by atoms with van der Waals surface area (Å²) in [4.78, 5) is 2.40. The highest BCUT2D eigenvalue weighted by Gasteiger charge is 2.37. The summed E-state index contributed by atoms with van der Waals surface area (Å²) in [5.74, 6) is 0. The van der Waals surface area contributed by atoms with E-state index >= 15 is 0 Å². The molecule has 2 aliphatic rings. The van der Waals surface area contributed by atoms with Gasteiger partial charge in [-0.05, 0) is 5.56 Å². The first-order chi connectivity index (χ1) is 10.5. The molecule has 22 heavy (non-hydrogen) atoms. The van der Waals surface area contributed by atoms with Gasteiger partial charge >= 0.3 is 0 Å². The second kappa shape index (κ2) is 6.54. The average Bonchev–Trinajstić information content (AvgIpc) is 2.46. The lowest BCUT2D eigenvalue weighted by Gasteiger charge is -2.45. The van der Waals surface area contributed by atoms with Gasteiger partial charge in [-0.1, -0.05) is 64.2 Å². The average molecular weight is 364 g/mol. The zero-order valence-corrected chi connectivity index (χ0v) is 14.2. The number of rotatable bonds is 2. The minimum atomic E-state index is -1.41. The Labute approximate surface area is 144 Å². The van der Waals surface area contributed by atoms with Crippen LogP contribution in [-0.4, -0.2) is 41.1 Å². The van der Waals surface area contributed by atoms with Crippen LogP contribution in [-0.2, 0) is 15.1 Å². The summed E-state index contributed by atoms with van der Waals surface area (Å²) in [7, 11) is 0. The normalized spacial score (nSPS) is 26.0. The predicted molar refractivity (Wildman–Crippen MR) is 88.1 cm³/mol. The van der Waals surface area contributed by atoms with Gasteiger partial charge in [-0.25, -0.2) is 0 Å². The quantitative estimate of drug-likeness (QED) is 0.495. The monoisotopic (exact) mass is 362 g/mol. The van der Waals surface area contributed by atoms with Crippen LogP contribution < -0.4 is 0 Å². The largest absolute Gasteiger partial charge is 0.411 e. The van der Waals surface area contributed by atoms with Gasteiger partial charge in [0, 0.05) is 37.0 Å². The SMILES string of the molecule is ON=C1CC2COCC(C1)N2Cc1cccc(C(Cl)(Cl)Cl)c1. The molecule has 2 heterocycles. The van der Waals surface area contributed by atoms with Gasteiger partial charge in [0.1, 0.15) is 0 Å². The van der Waals surface area contributed by atoms with Crippen LogP contribution in [0.2, 0.25) is 0 Å². The number of hydrogen-bond donors (Lipinski definition) is 1. The molecule has 2 saturated heterocycles. The number of ether oxygens (including phenoxy) is 1. The molecule has 2 aliphatic heterocycles. The molecule has 2 atom stereocenters. The van der Waals surface area contributed by atoms with Gasteiger partial charge in [0.15, 0.2) is 0 Å². The van der Waals surface area contributed by atoms with Crippen molar-refractivity contribution < 1.29 is 9.94 Å². The molecule has 7 heteroatoms. The molecular formula is C15H17Cl3N2O2. The molecule has 2 fully saturated rings. The van der Waals surface area contributed by atoms with Crippen LogP contribution >= 0.6 is 34.8 Å². The molecular weight excluding hydrogens is 347 g/mol. The van der Waals surface area contributed by atoms with Crippen LogP contribution in [0.1, 0.15) is 24.0 Å². The van der Waals surface area contributed by atoms with Crippen molar-refractivity contribution in [3.05, 3.63) is 35.4 Å². The molecule has 0 saturated carbocycles. The Kier molecular flexibility index (Phi) is 4.86. The molecule has 2 unspecified atom stereocenters. The number of piperidine rings is 1. The first-order valence-corrected chi connectivity index (χ1v) is 8.30. The molecule has 0 spiro atoms. The van der Waals surface area contributed by atoms with Crippen LogP contribution in [0, 0.1) is 0 Å². The van der Waals surface area contributed by atoms with E-state index in [0.717, 1.165) is 30.7 Å². The van der Waals surface area contributed by atoms with Crippen molar-refractivity contribution in [2.24, 2.45) is 5.16 Å². The van der Waals surface area contributed by atoms with Gasteiger partial charge < -0.3 is 9.94 Å². The van der Waals surface area contributed by atoms with E-state index in [-0.39, 0.29) is 12.1 Å². The zero-order chi connectivity index (χ0) is 15.7. The summed E-state index contributed by atoms with van der Waals surface area (Å²) in [6.45, 7) is 2.07. The van der Waals surface area contributed by atoms with Gasteiger partial charge in [-0.3, -0.25) is 4.90 Å². The highest BCUT2D eigenvalue weighted by Crippen LogP contribution is 2.38. The lowest BCUT2D eigenvalue weighted by atomic mass is 9.92. The van der Waals surface area contributed by atoms with E-state index in [2.05, 4.69) is 10.1 Å². The molecule has 1 aromatic rings. The molecule has 3 rings (SSSR count). The van der Waals surface area contributed by atoms with Crippen molar-refractivity contribution in [3.63, 3.8) is 0 Å². The smallest absolute Gasteiger partial charge is 0.216 e. The minimum absolute atomic E-state index is 0.231. The summed E-state index contributed by atoms with van der Waals surface area (Å²) in [5, 5.41) is 12.4. The first-order valence-electron chi connectivity index (χ1n) is 7.17. The molecule has 120 valence electrons. The van der Waals surface area contributed by atoms with Gasteiger partial charge in [0.05, 0.1) is 18.9 Å². The second-order valence-electron chi connectivity index (χ2n) is 5.79. The molecule has 1 N–H and O–H groups in total. The first kappa shape index (κ1) is 16.3. The Hall–Kier alpha value is -0.520. The van der Waals surface area contributed by atoms with E-state index in [1.807, 2.05) is 24.3 Å². The number of nitrogens with zero attached hydrogens (tertiary/aromatic N) is 2. The van der Waals surface area contributed by atoms with Gasteiger partial charge in [0.25, 0.3) is 0 Å². The fraction of sp³-hybridized carbons (Fsp3) is 0.533. The van der Waals surface area contributed by atoms with Gasteiger partial charge in [-0.2, -0.15) is 0 Å². The van der Waals surface area contributed by atoms with Crippen molar-refractivity contribution in [2.75, 3.05) is 13.2 Å². The summed E-state index contributed by atoms with van der Waals surface area (Å²) in [6.07, 6.45) is 1.47. The standard InChI is InChI=1S/C15H17Cl3N2O2/c16-15(17,18)11-3-1-2-10(4-11)7-20-13-5-12(19-21)6-14(20)9-22-8-13/h1-4,13-14,21H,5-9H2. The van der Waals surface area contributed by atoms with Crippen LogP contribution in [0.4, 0.5) is 0 Å². The fourth-order valence-corrected chi connectivity index (χ4v) is 3.56. The molecule has 0 radical (unpaired) electrons. The van der Waals surface area contributed by atoms with Crippen LogP contribution in [0.15, 0.2) is 29.4 Å². The van der Waals surface area contributed by atoms with E-state index in [0.29, 0.717) is 18.8 Å². The number of hydrogen-bond acceptors (Lipinski definition) is 4. The molecule has 4 nitrogen and oxygen atoms in total. The second-order valence-corrected chi connectivity index (χ2v) is 8.07. The number of oxime groups is 1. The highest BCUT2D eigenvalue weighted by molar-refractivity contribution is 6.66. The maximum absolute atomic E-state index is 9.03. The van der Waals surface area contributed by atoms with Crippen molar-refractivity contribution in [1.82, 2.24) is 4.90 Å². The number of halogens is 3. The van der Waals surface area contributed by atoms with E-state index in [4.69, 9.17) is 44.7 Å². The lowest BCUT2D eigenvalue weighted by Crippen LogP contribution is -2.56. The molecule has 0 aromatic heterocycles. The lowest BCUT2D eigenvalue weighted by molar-refractivity contribution is -0.0575. The maximum Gasteiger partial charge on any atom is 0.216 e. The van der Waals surface area contributed by atoms with Crippen LogP contribution in [0.5, 0.6) is 0 Å². The zero-order valence-electron chi connectivity index (χ0n) is 11.9. The Morgan fingerprint density at radius 3 is 2.50 bits per heavy atom. The van der Waals surface area contributed by atoms with Crippen LogP contribution in [0.25, 0.3) is 0 Å². The third-order valence-electron chi connectivity index (χ3n) is 4.26. The maximum atomic E-state index is 9.03. The van der Waals surface area contributed by atoms with E-state index in [1.165, 1.54) is 0 Å². The van der Waals surface area contributed by atoms with Crippen molar-refractivity contribution in [1.29, 1.82) is 0 Å². The van der Waals surface area contributed by atoms with Crippen molar-refractivity contribution in [2.45, 2.75) is 35.3 Å². The summed E-state index contributed by atoms with van der Waals surface area (Å²) in [6, 6.07) is 8.15. The van der Waals surface area contributed by atoms with Crippen molar-refractivity contribution in [3.8, 4) is 0 Å². The Morgan fingerprint density at radius 2 is 1.91 bits per heavy atom. The fourth-order valence-electron chi connectivity index (χ4n) is 3.21. The van der Waals surface area contributed by atoms with E-state index in [9.17, 15) is 0 Å². The molecule has 2 bridgehead atoms. The van der Waals surface area contributed by atoms with Gasteiger partial charge in [-0.15, -0.1) is 0 Å². The number of fused-ring (bicyclic) bond motifs is 2.